The van der Waals surface area contributed by atoms with Gasteiger partial charge in [-0.3, -0.25) is 10.1 Å². The van der Waals surface area contributed by atoms with Crippen molar-refractivity contribution in [3.05, 3.63) is 23.7 Å². The predicted octanol–water partition coefficient (Wildman–Crippen LogP) is 1.88. The number of likely N-dealkylation sites (tertiary alicyclic amines) is 1. The lowest BCUT2D eigenvalue weighted by molar-refractivity contribution is -0.131. The molecule has 1 aromatic heterocycles. The molecule has 5 heteroatoms. The van der Waals surface area contributed by atoms with Crippen molar-refractivity contribution < 1.29 is 13.9 Å². The largest absolute Gasteiger partial charge is 0.465 e. The highest BCUT2D eigenvalue weighted by atomic mass is 16.5. The Morgan fingerprint density at radius 1 is 1.40 bits per heavy atom. The van der Waals surface area contributed by atoms with Gasteiger partial charge in [0.1, 0.15) is 11.5 Å². The molecule has 0 aromatic carbocycles. The topological polar surface area (TPSA) is 54.7 Å². The number of hydrogen-bond donors (Lipinski definition) is 1. The Morgan fingerprint density at radius 3 is 2.75 bits per heavy atom. The molecule has 0 unspecified atom stereocenters. The lowest BCUT2D eigenvalue weighted by atomic mass is 10.1. The van der Waals surface area contributed by atoms with Crippen molar-refractivity contribution in [3.8, 4) is 0 Å². The minimum absolute atomic E-state index is 0.0811. The molecule has 1 N–H and O–H groups in total. The number of ether oxygens (including phenoxy) is 1. The second-order valence-corrected chi connectivity index (χ2v) is 5.28. The molecule has 20 heavy (non-hydrogen) atoms. The first-order valence-corrected chi connectivity index (χ1v) is 7.27. The van der Waals surface area contributed by atoms with Gasteiger partial charge in [0.05, 0.1) is 19.2 Å². The van der Waals surface area contributed by atoms with Crippen LogP contribution in [0, 0.1) is 6.92 Å². The van der Waals surface area contributed by atoms with Crippen LogP contribution in [0.15, 0.2) is 16.5 Å². The molecular weight excluding hydrogens is 256 g/mol. The Labute approximate surface area is 120 Å². The van der Waals surface area contributed by atoms with Crippen LogP contribution in [0.1, 0.15) is 36.8 Å². The molecule has 0 bridgehead atoms. The van der Waals surface area contributed by atoms with Gasteiger partial charge in [-0.25, -0.2) is 0 Å². The summed E-state index contributed by atoms with van der Waals surface area (Å²) in [6, 6.07) is 3.77. The van der Waals surface area contributed by atoms with Crippen LogP contribution in [0.2, 0.25) is 0 Å². The number of carbonyl (C=O) groups excluding carboxylic acids is 1. The molecule has 1 saturated heterocycles. The summed E-state index contributed by atoms with van der Waals surface area (Å²) in [7, 11) is 1.65. The van der Waals surface area contributed by atoms with Crippen molar-refractivity contribution in [3.63, 3.8) is 0 Å². The van der Waals surface area contributed by atoms with Crippen LogP contribution in [0.4, 0.5) is 0 Å². The standard InChI is InChI=1S/C15H24N2O3/c1-12-6-7-14(20-12)13(11-19-2)16-10-15(18)17-8-4-3-5-9-17/h6-7,13,16H,3-5,8-11H2,1-2H3/t13-/m0/s1. The zero-order chi connectivity index (χ0) is 14.4. The number of nitrogens with one attached hydrogen (secondary N) is 1. The molecule has 1 amide bonds. The Kier molecular flexibility index (Phi) is 5.61. The molecular formula is C15H24N2O3. The van der Waals surface area contributed by atoms with Gasteiger partial charge in [0.25, 0.3) is 0 Å². The fourth-order valence-electron chi connectivity index (χ4n) is 2.51. The van der Waals surface area contributed by atoms with Crippen LogP contribution in [0.5, 0.6) is 0 Å². The van der Waals surface area contributed by atoms with Crippen LogP contribution in [-0.2, 0) is 9.53 Å². The summed E-state index contributed by atoms with van der Waals surface area (Å²) in [5.41, 5.74) is 0. The minimum Gasteiger partial charge on any atom is -0.465 e. The van der Waals surface area contributed by atoms with Crippen LogP contribution >= 0.6 is 0 Å². The van der Waals surface area contributed by atoms with E-state index in [1.165, 1.54) is 6.42 Å². The molecule has 1 aliphatic heterocycles. The third-order valence-electron chi connectivity index (χ3n) is 3.65. The molecule has 1 atom stereocenters. The van der Waals surface area contributed by atoms with E-state index < -0.39 is 0 Å². The second kappa shape index (κ2) is 7.45. The maximum Gasteiger partial charge on any atom is 0.236 e. The van der Waals surface area contributed by atoms with Gasteiger partial charge in [0.2, 0.25) is 5.91 Å². The smallest absolute Gasteiger partial charge is 0.236 e. The van der Waals surface area contributed by atoms with Gasteiger partial charge in [-0.15, -0.1) is 0 Å². The number of nitrogens with zero attached hydrogens (tertiary/aromatic N) is 1. The molecule has 5 nitrogen and oxygen atoms in total. The molecule has 2 rings (SSSR count). The zero-order valence-corrected chi connectivity index (χ0v) is 12.4. The zero-order valence-electron chi connectivity index (χ0n) is 12.4. The van der Waals surface area contributed by atoms with E-state index in [4.69, 9.17) is 9.15 Å². The van der Waals surface area contributed by atoms with Crippen molar-refractivity contribution in [1.82, 2.24) is 10.2 Å². The molecule has 1 fully saturated rings. The highest BCUT2D eigenvalue weighted by Gasteiger charge is 2.20. The summed E-state index contributed by atoms with van der Waals surface area (Å²) in [4.78, 5) is 14.1. The summed E-state index contributed by atoms with van der Waals surface area (Å²) < 4.78 is 10.8. The second-order valence-electron chi connectivity index (χ2n) is 5.28. The number of amides is 1. The summed E-state index contributed by atoms with van der Waals surface area (Å²) in [5.74, 6) is 1.84. The van der Waals surface area contributed by atoms with E-state index in [1.807, 2.05) is 24.0 Å². The quantitative estimate of drug-likeness (QED) is 0.864. The lowest BCUT2D eigenvalue weighted by Gasteiger charge is -2.27. The van der Waals surface area contributed by atoms with E-state index in [-0.39, 0.29) is 11.9 Å². The molecule has 0 spiro atoms. The SMILES string of the molecule is COC[C@H](NCC(=O)N1CCCCC1)c1ccc(C)o1. The number of methoxy groups -OCH3 is 1. The van der Waals surface area contributed by atoms with Gasteiger partial charge in [-0.1, -0.05) is 0 Å². The van der Waals surface area contributed by atoms with Crippen LogP contribution in [0.25, 0.3) is 0 Å². The minimum atomic E-state index is -0.0811. The van der Waals surface area contributed by atoms with E-state index in [9.17, 15) is 4.79 Å². The lowest BCUT2D eigenvalue weighted by Crippen LogP contribution is -2.42. The summed E-state index contributed by atoms with van der Waals surface area (Å²) in [6.07, 6.45) is 3.46. The number of rotatable bonds is 6. The Morgan fingerprint density at radius 2 is 2.15 bits per heavy atom. The maximum absolute atomic E-state index is 12.1. The van der Waals surface area contributed by atoms with Crippen molar-refractivity contribution >= 4 is 5.91 Å². The van der Waals surface area contributed by atoms with E-state index in [0.29, 0.717) is 13.2 Å². The van der Waals surface area contributed by atoms with Gasteiger partial charge in [-0.2, -0.15) is 0 Å². The maximum atomic E-state index is 12.1. The molecule has 1 aromatic rings. The van der Waals surface area contributed by atoms with Crippen LogP contribution in [-0.4, -0.2) is 44.2 Å². The average molecular weight is 280 g/mol. The normalized spacial score (nSPS) is 17.2. The highest BCUT2D eigenvalue weighted by Crippen LogP contribution is 2.16. The first-order chi connectivity index (χ1) is 9.70. The van der Waals surface area contributed by atoms with Crippen molar-refractivity contribution in [1.29, 1.82) is 0 Å². The Bertz CT molecular complexity index is 425. The molecule has 112 valence electrons. The molecule has 0 aliphatic carbocycles. The van der Waals surface area contributed by atoms with Crippen molar-refractivity contribution in [2.45, 2.75) is 32.2 Å². The van der Waals surface area contributed by atoms with Crippen LogP contribution < -0.4 is 5.32 Å². The average Bonchev–Trinajstić information content (AvgIpc) is 2.90. The Balaban J connectivity index is 1.86. The highest BCUT2D eigenvalue weighted by molar-refractivity contribution is 5.78. The molecule has 1 aliphatic rings. The van der Waals surface area contributed by atoms with Gasteiger partial charge >= 0.3 is 0 Å². The number of piperidine rings is 1. The molecule has 2 heterocycles. The van der Waals surface area contributed by atoms with Gasteiger partial charge in [0.15, 0.2) is 0 Å². The molecule has 0 saturated carbocycles. The summed E-state index contributed by atoms with van der Waals surface area (Å²) in [5, 5.41) is 3.24. The van der Waals surface area contributed by atoms with Crippen molar-refractivity contribution in [2.75, 3.05) is 33.4 Å². The van der Waals surface area contributed by atoms with Gasteiger partial charge in [-0.05, 0) is 38.3 Å². The number of carbonyl (C=O) groups is 1. The van der Waals surface area contributed by atoms with E-state index in [1.54, 1.807) is 7.11 Å². The fourth-order valence-corrected chi connectivity index (χ4v) is 2.51. The van der Waals surface area contributed by atoms with Crippen molar-refractivity contribution in [2.24, 2.45) is 0 Å². The third kappa shape index (κ3) is 4.08. The third-order valence-corrected chi connectivity index (χ3v) is 3.65. The first-order valence-electron chi connectivity index (χ1n) is 7.27. The Hall–Kier alpha value is -1.33. The van der Waals surface area contributed by atoms with E-state index in [2.05, 4.69) is 5.32 Å². The van der Waals surface area contributed by atoms with Gasteiger partial charge in [0, 0.05) is 20.2 Å². The predicted molar refractivity (Wildman–Crippen MR) is 76.5 cm³/mol. The molecule has 0 radical (unpaired) electrons. The fraction of sp³-hybridized carbons (Fsp3) is 0.667. The summed E-state index contributed by atoms with van der Waals surface area (Å²) >= 11 is 0. The number of hydrogen-bond acceptors (Lipinski definition) is 4. The summed E-state index contributed by atoms with van der Waals surface area (Å²) in [6.45, 7) is 4.49. The van der Waals surface area contributed by atoms with Gasteiger partial charge < -0.3 is 14.1 Å². The number of aryl methyl sites for hydroxylation is 1. The number of furan rings is 1. The van der Waals surface area contributed by atoms with E-state index in [0.717, 1.165) is 37.5 Å². The van der Waals surface area contributed by atoms with Crippen LogP contribution in [0.3, 0.4) is 0 Å². The monoisotopic (exact) mass is 280 g/mol. The van der Waals surface area contributed by atoms with E-state index >= 15 is 0 Å². The first kappa shape index (κ1) is 15.1.